The highest BCUT2D eigenvalue weighted by molar-refractivity contribution is 7.51. The molecule has 8 nitrogen and oxygen atoms in total. The van der Waals surface area contributed by atoms with Crippen LogP contribution >= 0.6 is 7.60 Å². The minimum atomic E-state index is -4.27. The van der Waals surface area contributed by atoms with E-state index in [1.807, 2.05) is 0 Å². The quantitative estimate of drug-likeness (QED) is 0.246. The van der Waals surface area contributed by atoms with E-state index in [0.717, 1.165) is 0 Å². The molecule has 9 heteroatoms. The maximum atomic E-state index is 10.9. The predicted molar refractivity (Wildman–Crippen MR) is 82.4 cm³/mol. The van der Waals surface area contributed by atoms with Crippen molar-refractivity contribution < 1.29 is 39.1 Å². The topological polar surface area (TPSA) is 137 Å². The first-order chi connectivity index (χ1) is 10.7. The lowest BCUT2D eigenvalue weighted by atomic mass is 9.97. The van der Waals surface area contributed by atoms with E-state index in [4.69, 9.17) is 19.3 Å². The van der Waals surface area contributed by atoms with E-state index < -0.39 is 44.5 Å². The van der Waals surface area contributed by atoms with E-state index in [9.17, 15) is 19.9 Å². The van der Waals surface area contributed by atoms with Crippen LogP contribution in [0.1, 0.15) is 13.3 Å². The molecule has 132 valence electrons. The summed E-state index contributed by atoms with van der Waals surface area (Å²) in [6.07, 6.45) is -1.33. The van der Waals surface area contributed by atoms with Gasteiger partial charge in [-0.2, -0.15) is 0 Å². The Balaban J connectivity index is 2.82. The van der Waals surface area contributed by atoms with Crippen LogP contribution in [0.3, 0.4) is 0 Å². The second-order valence-corrected chi connectivity index (χ2v) is 6.89. The van der Waals surface area contributed by atoms with Gasteiger partial charge < -0.3 is 34.6 Å². The van der Waals surface area contributed by atoms with Crippen LogP contribution in [-0.2, 0) is 14.0 Å². The SMILES string of the molecule is C=C/C(=C\C=C/C)O[C@H]1OC(CCP(=O)(O)O)[C@@H](O)C(O)C1O. The predicted octanol–water partition coefficient (Wildman–Crippen LogP) is 0.0244. The third-order valence-corrected chi connectivity index (χ3v) is 4.12. The fourth-order valence-electron chi connectivity index (χ4n) is 2.03. The molecule has 1 fully saturated rings. The molecule has 0 aliphatic carbocycles. The number of rotatable bonds is 7. The maximum Gasteiger partial charge on any atom is 0.325 e. The monoisotopic (exact) mass is 350 g/mol. The lowest BCUT2D eigenvalue weighted by molar-refractivity contribution is -0.285. The van der Waals surface area contributed by atoms with Crippen molar-refractivity contribution in [2.24, 2.45) is 0 Å². The zero-order valence-corrected chi connectivity index (χ0v) is 13.6. The lowest BCUT2D eigenvalue weighted by Crippen LogP contribution is -2.58. The van der Waals surface area contributed by atoms with Gasteiger partial charge in [0.2, 0.25) is 6.29 Å². The van der Waals surface area contributed by atoms with Crippen LogP contribution in [0.15, 0.2) is 36.6 Å². The van der Waals surface area contributed by atoms with Gasteiger partial charge in [-0.1, -0.05) is 18.7 Å². The summed E-state index contributed by atoms with van der Waals surface area (Å²) in [5.74, 6) is 0.268. The van der Waals surface area contributed by atoms with Crippen LogP contribution in [0.2, 0.25) is 0 Å². The maximum absolute atomic E-state index is 10.9. The second kappa shape index (κ2) is 8.75. The number of hydrogen-bond acceptors (Lipinski definition) is 6. The van der Waals surface area contributed by atoms with Crippen molar-refractivity contribution in [2.75, 3.05) is 6.16 Å². The Kier molecular flexibility index (Phi) is 7.63. The largest absolute Gasteiger partial charge is 0.462 e. The molecule has 0 bridgehead atoms. The molecule has 0 spiro atoms. The first-order valence-corrected chi connectivity index (χ1v) is 8.85. The molecule has 5 atom stereocenters. The van der Waals surface area contributed by atoms with Crippen molar-refractivity contribution >= 4 is 7.60 Å². The van der Waals surface area contributed by atoms with Crippen molar-refractivity contribution in [3.63, 3.8) is 0 Å². The minimum absolute atomic E-state index is 0.197. The Morgan fingerprint density at radius 2 is 1.91 bits per heavy atom. The molecule has 0 aromatic carbocycles. The van der Waals surface area contributed by atoms with Crippen LogP contribution in [0.25, 0.3) is 0 Å². The molecule has 0 radical (unpaired) electrons. The molecule has 1 saturated heterocycles. The number of allylic oxidation sites excluding steroid dienone is 4. The van der Waals surface area contributed by atoms with Gasteiger partial charge in [-0.3, -0.25) is 4.57 Å². The third kappa shape index (κ3) is 6.19. The molecule has 0 amide bonds. The lowest BCUT2D eigenvalue weighted by Gasteiger charge is -2.40. The number of aliphatic hydroxyl groups excluding tert-OH is 3. The number of aliphatic hydroxyl groups is 3. The summed E-state index contributed by atoms with van der Waals surface area (Å²) in [7, 11) is -4.27. The third-order valence-electron chi connectivity index (χ3n) is 3.28. The van der Waals surface area contributed by atoms with Gasteiger partial charge in [-0.25, -0.2) is 0 Å². The molecule has 1 aliphatic heterocycles. The van der Waals surface area contributed by atoms with E-state index in [1.165, 1.54) is 6.08 Å². The molecule has 5 N–H and O–H groups in total. The van der Waals surface area contributed by atoms with E-state index in [2.05, 4.69) is 6.58 Å². The average Bonchev–Trinajstić information content (AvgIpc) is 2.49. The van der Waals surface area contributed by atoms with Gasteiger partial charge in [0.1, 0.15) is 24.1 Å². The van der Waals surface area contributed by atoms with Crippen molar-refractivity contribution in [1.29, 1.82) is 0 Å². The van der Waals surface area contributed by atoms with Gasteiger partial charge in [0.15, 0.2) is 0 Å². The molecule has 23 heavy (non-hydrogen) atoms. The number of hydrogen-bond donors (Lipinski definition) is 5. The fraction of sp³-hybridized carbons (Fsp3) is 0.571. The molecular formula is C14H23O8P. The smallest absolute Gasteiger partial charge is 0.325 e. The highest BCUT2D eigenvalue weighted by Gasteiger charge is 2.45. The van der Waals surface area contributed by atoms with Crippen LogP contribution in [0, 0.1) is 0 Å². The molecule has 3 unspecified atom stereocenters. The Morgan fingerprint density at radius 1 is 1.26 bits per heavy atom. The highest BCUT2D eigenvalue weighted by atomic mass is 31.2. The highest BCUT2D eigenvalue weighted by Crippen LogP contribution is 2.37. The zero-order chi connectivity index (χ0) is 17.6. The molecular weight excluding hydrogens is 327 g/mol. The average molecular weight is 350 g/mol. The van der Waals surface area contributed by atoms with Gasteiger partial charge >= 0.3 is 7.60 Å². The molecule has 0 aromatic rings. The first-order valence-electron chi connectivity index (χ1n) is 7.06. The van der Waals surface area contributed by atoms with Gasteiger partial charge in [0, 0.05) is 0 Å². The van der Waals surface area contributed by atoms with Crippen molar-refractivity contribution in [2.45, 2.75) is 44.1 Å². The summed E-state index contributed by atoms with van der Waals surface area (Å²) in [4.78, 5) is 17.8. The molecule has 0 aromatic heterocycles. The standard InChI is InChI=1S/C14H23O8P/c1-3-5-6-9(4-2)21-14-13(17)12(16)11(15)10(22-14)7-8-23(18,19)20/h3-6,10-17H,2,7-8H2,1H3,(H2,18,19,20)/b5-3-,9-6+/t10?,11-,12?,13?,14+/m1/s1. The van der Waals surface area contributed by atoms with Crippen LogP contribution in [0.5, 0.6) is 0 Å². The number of ether oxygens (including phenoxy) is 2. The Hall–Kier alpha value is -0.990. The normalized spacial score (nSPS) is 33.0. The second-order valence-electron chi connectivity index (χ2n) is 5.11. The summed E-state index contributed by atoms with van der Waals surface area (Å²) < 4.78 is 21.7. The van der Waals surface area contributed by atoms with Gasteiger partial charge in [0.25, 0.3) is 0 Å². The van der Waals surface area contributed by atoms with Crippen LogP contribution < -0.4 is 0 Å². The Bertz CT molecular complexity index is 497. The minimum Gasteiger partial charge on any atom is -0.462 e. The summed E-state index contributed by atoms with van der Waals surface area (Å²) >= 11 is 0. The molecule has 1 rings (SSSR count). The Labute approximate surface area is 134 Å². The summed E-state index contributed by atoms with van der Waals surface area (Å²) in [5, 5.41) is 29.7. The molecule has 0 saturated carbocycles. The Morgan fingerprint density at radius 3 is 2.43 bits per heavy atom. The van der Waals surface area contributed by atoms with Crippen molar-refractivity contribution in [3.05, 3.63) is 36.6 Å². The first kappa shape index (κ1) is 20.1. The molecule has 1 aliphatic rings. The summed E-state index contributed by atoms with van der Waals surface area (Å²) in [5.41, 5.74) is 0. The van der Waals surface area contributed by atoms with Crippen LogP contribution in [-0.4, -0.2) is 62.0 Å². The van der Waals surface area contributed by atoms with Gasteiger partial charge in [-0.05, 0) is 25.5 Å². The van der Waals surface area contributed by atoms with E-state index >= 15 is 0 Å². The van der Waals surface area contributed by atoms with E-state index in [-0.39, 0.29) is 12.2 Å². The molecule has 1 heterocycles. The summed E-state index contributed by atoms with van der Waals surface area (Å²) in [6.45, 7) is 5.34. The van der Waals surface area contributed by atoms with E-state index in [0.29, 0.717) is 0 Å². The van der Waals surface area contributed by atoms with Crippen molar-refractivity contribution in [3.8, 4) is 0 Å². The van der Waals surface area contributed by atoms with Crippen LogP contribution in [0.4, 0.5) is 0 Å². The van der Waals surface area contributed by atoms with Gasteiger partial charge in [-0.15, -0.1) is 0 Å². The van der Waals surface area contributed by atoms with Crippen molar-refractivity contribution in [1.82, 2.24) is 0 Å². The van der Waals surface area contributed by atoms with Gasteiger partial charge in [0.05, 0.1) is 12.3 Å². The fourth-order valence-corrected chi connectivity index (χ4v) is 2.62. The zero-order valence-electron chi connectivity index (χ0n) is 12.7. The van der Waals surface area contributed by atoms with E-state index in [1.54, 1.807) is 25.2 Å². The summed E-state index contributed by atoms with van der Waals surface area (Å²) in [6, 6.07) is 0.